The lowest BCUT2D eigenvalue weighted by Crippen LogP contribution is -2.07. The van der Waals surface area contributed by atoms with Gasteiger partial charge in [-0.2, -0.15) is 0 Å². The fourth-order valence-electron chi connectivity index (χ4n) is 1.33. The lowest BCUT2D eigenvalue weighted by atomic mass is 10.0. The van der Waals surface area contributed by atoms with E-state index in [0.29, 0.717) is 12.5 Å². The molecule has 0 saturated heterocycles. The zero-order chi connectivity index (χ0) is 9.68. The van der Waals surface area contributed by atoms with Crippen molar-refractivity contribution in [1.29, 1.82) is 0 Å². The third-order valence-electron chi connectivity index (χ3n) is 2.09. The number of ether oxygens (including phenoxy) is 1. The van der Waals surface area contributed by atoms with Crippen molar-refractivity contribution < 1.29 is 4.74 Å². The molecule has 2 N–H and O–H groups in total. The van der Waals surface area contributed by atoms with Gasteiger partial charge in [0.15, 0.2) is 0 Å². The van der Waals surface area contributed by atoms with Crippen molar-refractivity contribution in [2.45, 2.75) is 19.3 Å². The van der Waals surface area contributed by atoms with Crippen molar-refractivity contribution in [1.82, 2.24) is 4.98 Å². The summed E-state index contributed by atoms with van der Waals surface area (Å²) in [7, 11) is 1.66. The van der Waals surface area contributed by atoms with Crippen LogP contribution in [0.2, 0.25) is 0 Å². The van der Waals surface area contributed by atoms with Crippen LogP contribution in [0.25, 0.3) is 0 Å². The molecule has 3 heteroatoms. The average molecular weight is 180 g/mol. The number of nitrogens with two attached hydrogens (primary N) is 1. The Morgan fingerprint density at radius 1 is 1.62 bits per heavy atom. The Morgan fingerprint density at radius 3 is 3.00 bits per heavy atom. The second-order valence-corrected chi connectivity index (χ2v) is 3.07. The molecule has 0 aliphatic heterocycles. The minimum absolute atomic E-state index is 0.362. The van der Waals surface area contributed by atoms with Gasteiger partial charge in [-0.05, 0) is 25.1 Å². The van der Waals surface area contributed by atoms with E-state index in [1.807, 2.05) is 12.1 Å². The Hall–Kier alpha value is -1.09. The van der Waals surface area contributed by atoms with Crippen molar-refractivity contribution in [2.75, 3.05) is 13.7 Å². The topological polar surface area (TPSA) is 48.1 Å². The maximum absolute atomic E-state index is 5.49. The highest BCUT2D eigenvalue weighted by Gasteiger charge is 2.10. The summed E-state index contributed by atoms with van der Waals surface area (Å²) in [5.74, 6) is 1.21. The van der Waals surface area contributed by atoms with E-state index in [4.69, 9.17) is 10.5 Å². The minimum Gasteiger partial charge on any atom is -0.495 e. The van der Waals surface area contributed by atoms with Crippen LogP contribution >= 0.6 is 0 Å². The third kappa shape index (κ3) is 2.42. The summed E-state index contributed by atoms with van der Waals surface area (Å²) >= 11 is 0. The molecule has 1 atom stereocenters. The van der Waals surface area contributed by atoms with Gasteiger partial charge in [0.2, 0.25) is 0 Å². The Morgan fingerprint density at radius 2 is 2.38 bits per heavy atom. The first kappa shape index (κ1) is 9.99. The van der Waals surface area contributed by atoms with Gasteiger partial charge in [0.05, 0.1) is 12.8 Å². The molecule has 0 spiro atoms. The lowest BCUT2D eigenvalue weighted by molar-refractivity contribution is 0.402. The van der Waals surface area contributed by atoms with E-state index >= 15 is 0 Å². The third-order valence-corrected chi connectivity index (χ3v) is 2.09. The van der Waals surface area contributed by atoms with Crippen molar-refractivity contribution in [3.05, 3.63) is 24.0 Å². The summed E-state index contributed by atoms with van der Waals surface area (Å²) in [6.07, 6.45) is 2.72. The van der Waals surface area contributed by atoms with E-state index in [-0.39, 0.29) is 0 Å². The van der Waals surface area contributed by atoms with Crippen LogP contribution in [-0.4, -0.2) is 18.6 Å². The number of hydrogen-bond acceptors (Lipinski definition) is 3. The first-order valence-electron chi connectivity index (χ1n) is 4.48. The maximum Gasteiger partial charge on any atom is 0.140 e. The van der Waals surface area contributed by atoms with Gasteiger partial charge in [-0.1, -0.05) is 6.92 Å². The van der Waals surface area contributed by atoms with Crippen LogP contribution in [0.1, 0.15) is 25.0 Å². The molecule has 0 saturated carbocycles. The average Bonchev–Trinajstić information content (AvgIpc) is 2.18. The van der Waals surface area contributed by atoms with E-state index < -0.39 is 0 Å². The van der Waals surface area contributed by atoms with Gasteiger partial charge in [0, 0.05) is 12.1 Å². The number of methoxy groups -OCH3 is 1. The quantitative estimate of drug-likeness (QED) is 0.764. The Balaban J connectivity index is 2.85. The SMILES string of the molecule is COc1cccnc1C(C)CCN. The summed E-state index contributed by atoms with van der Waals surface area (Å²) in [5.41, 5.74) is 6.49. The molecule has 0 bridgehead atoms. The van der Waals surface area contributed by atoms with Crippen LogP contribution in [0, 0.1) is 0 Å². The minimum atomic E-state index is 0.362. The molecule has 1 unspecified atom stereocenters. The molecule has 0 amide bonds. The van der Waals surface area contributed by atoms with E-state index in [9.17, 15) is 0 Å². The number of pyridine rings is 1. The number of rotatable bonds is 4. The maximum atomic E-state index is 5.49. The van der Waals surface area contributed by atoms with Gasteiger partial charge in [-0.25, -0.2) is 0 Å². The normalized spacial score (nSPS) is 12.5. The molecule has 0 radical (unpaired) electrons. The monoisotopic (exact) mass is 180 g/mol. The highest BCUT2D eigenvalue weighted by molar-refractivity contribution is 5.29. The molecule has 0 fully saturated rings. The molecular weight excluding hydrogens is 164 g/mol. The fourth-order valence-corrected chi connectivity index (χ4v) is 1.33. The smallest absolute Gasteiger partial charge is 0.140 e. The van der Waals surface area contributed by atoms with Crippen molar-refractivity contribution in [3.8, 4) is 5.75 Å². The van der Waals surface area contributed by atoms with Crippen LogP contribution in [0.5, 0.6) is 5.75 Å². The molecule has 1 aromatic heterocycles. The van der Waals surface area contributed by atoms with E-state index in [2.05, 4.69) is 11.9 Å². The Kier molecular flexibility index (Phi) is 3.71. The summed E-state index contributed by atoms with van der Waals surface area (Å²) in [6.45, 7) is 2.79. The largest absolute Gasteiger partial charge is 0.495 e. The molecule has 1 rings (SSSR count). The van der Waals surface area contributed by atoms with Crippen LogP contribution < -0.4 is 10.5 Å². The second kappa shape index (κ2) is 4.82. The van der Waals surface area contributed by atoms with Gasteiger partial charge < -0.3 is 10.5 Å². The molecule has 1 aromatic rings. The van der Waals surface area contributed by atoms with Crippen molar-refractivity contribution >= 4 is 0 Å². The second-order valence-electron chi connectivity index (χ2n) is 3.07. The molecule has 1 heterocycles. The molecule has 0 aliphatic carbocycles. The number of nitrogens with zero attached hydrogens (tertiary/aromatic N) is 1. The van der Waals surface area contributed by atoms with Crippen LogP contribution in [0.15, 0.2) is 18.3 Å². The molecule has 3 nitrogen and oxygen atoms in total. The highest BCUT2D eigenvalue weighted by atomic mass is 16.5. The van der Waals surface area contributed by atoms with Crippen LogP contribution in [0.3, 0.4) is 0 Å². The summed E-state index contributed by atoms with van der Waals surface area (Å²) in [4.78, 5) is 4.29. The number of aromatic nitrogens is 1. The van der Waals surface area contributed by atoms with Crippen LogP contribution in [0.4, 0.5) is 0 Å². The zero-order valence-corrected chi connectivity index (χ0v) is 8.16. The summed E-state index contributed by atoms with van der Waals surface area (Å²) in [6, 6.07) is 3.80. The molecular formula is C10H16N2O. The zero-order valence-electron chi connectivity index (χ0n) is 8.16. The fraction of sp³-hybridized carbons (Fsp3) is 0.500. The summed E-state index contributed by atoms with van der Waals surface area (Å²) < 4.78 is 5.21. The van der Waals surface area contributed by atoms with Gasteiger partial charge in [-0.3, -0.25) is 4.98 Å². The van der Waals surface area contributed by atoms with E-state index in [1.165, 1.54) is 0 Å². The van der Waals surface area contributed by atoms with Crippen LogP contribution in [-0.2, 0) is 0 Å². The first-order valence-corrected chi connectivity index (χ1v) is 4.48. The first-order chi connectivity index (χ1) is 6.29. The van der Waals surface area contributed by atoms with E-state index in [0.717, 1.165) is 17.9 Å². The Bertz CT molecular complexity index is 263. The van der Waals surface area contributed by atoms with Gasteiger partial charge in [0.1, 0.15) is 5.75 Å². The highest BCUT2D eigenvalue weighted by Crippen LogP contribution is 2.25. The predicted octanol–water partition coefficient (Wildman–Crippen LogP) is 1.54. The van der Waals surface area contributed by atoms with Gasteiger partial charge in [0.25, 0.3) is 0 Å². The van der Waals surface area contributed by atoms with Gasteiger partial charge in [-0.15, -0.1) is 0 Å². The molecule has 0 aliphatic rings. The van der Waals surface area contributed by atoms with Crippen molar-refractivity contribution in [3.63, 3.8) is 0 Å². The van der Waals surface area contributed by atoms with Crippen molar-refractivity contribution in [2.24, 2.45) is 5.73 Å². The molecule has 0 aromatic carbocycles. The molecule has 13 heavy (non-hydrogen) atoms. The predicted molar refractivity (Wildman–Crippen MR) is 52.9 cm³/mol. The van der Waals surface area contributed by atoms with E-state index in [1.54, 1.807) is 13.3 Å². The standard InChI is InChI=1S/C10H16N2O/c1-8(5-6-11)10-9(13-2)4-3-7-12-10/h3-4,7-8H,5-6,11H2,1-2H3. The lowest BCUT2D eigenvalue weighted by Gasteiger charge is -2.12. The Labute approximate surface area is 78.9 Å². The number of hydrogen-bond donors (Lipinski definition) is 1. The van der Waals surface area contributed by atoms with Gasteiger partial charge >= 0.3 is 0 Å². The molecule has 72 valence electrons. The summed E-state index contributed by atoms with van der Waals surface area (Å²) in [5, 5.41) is 0.